The van der Waals surface area contributed by atoms with Gasteiger partial charge in [0.15, 0.2) is 0 Å². The van der Waals surface area contributed by atoms with E-state index in [1.807, 2.05) is 36.4 Å². The molecule has 154 valence electrons. The summed E-state index contributed by atoms with van der Waals surface area (Å²) >= 11 is 3.39. The molecular weight excluding hydrogens is 436 g/mol. The van der Waals surface area contributed by atoms with Crippen molar-refractivity contribution in [3.05, 3.63) is 52.5 Å². The van der Waals surface area contributed by atoms with E-state index in [0.29, 0.717) is 30.3 Å². The first kappa shape index (κ1) is 21.2. The Morgan fingerprint density at radius 3 is 2.24 bits per heavy atom. The quantitative estimate of drug-likeness (QED) is 0.670. The molecule has 0 unspecified atom stereocenters. The molecule has 0 fully saturated rings. The Morgan fingerprint density at radius 2 is 1.72 bits per heavy atom. The molecule has 7 heteroatoms. The molecule has 2 aromatic carbocycles. The van der Waals surface area contributed by atoms with Crippen molar-refractivity contribution < 1.29 is 19.0 Å². The third-order valence-corrected chi connectivity index (χ3v) is 5.35. The number of halogens is 1. The van der Waals surface area contributed by atoms with Crippen molar-refractivity contribution in [1.82, 2.24) is 4.90 Å². The Kier molecular flexibility index (Phi) is 7.17. The zero-order valence-corrected chi connectivity index (χ0v) is 18.4. The van der Waals surface area contributed by atoms with Crippen LogP contribution < -0.4 is 19.5 Å². The van der Waals surface area contributed by atoms with E-state index < -0.39 is 0 Å². The van der Waals surface area contributed by atoms with Crippen LogP contribution in [0, 0.1) is 0 Å². The topological polar surface area (TPSA) is 60.0 Å². The summed E-state index contributed by atoms with van der Waals surface area (Å²) in [4.78, 5) is 14.5. The zero-order chi connectivity index (χ0) is 20.8. The lowest BCUT2D eigenvalue weighted by atomic mass is 9.97. The van der Waals surface area contributed by atoms with E-state index in [1.54, 1.807) is 21.3 Å². The van der Waals surface area contributed by atoms with Gasteiger partial charge in [-0.1, -0.05) is 22.0 Å². The summed E-state index contributed by atoms with van der Waals surface area (Å²) in [7, 11) is 4.89. The minimum atomic E-state index is -0.0243. The van der Waals surface area contributed by atoms with Crippen LogP contribution in [0.3, 0.4) is 0 Å². The molecule has 0 spiro atoms. The maximum atomic E-state index is 12.3. The van der Waals surface area contributed by atoms with Gasteiger partial charge in [0.1, 0.15) is 17.2 Å². The summed E-state index contributed by atoms with van der Waals surface area (Å²) in [5.74, 6) is 2.09. The van der Waals surface area contributed by atoms with Gasteiger partial charge < -0.3 is 19.5 Å². The van der Waals surface area contributed by atoms with Crippen molar-refractivity contribution in [1.29, 1.82) is 0 Å². The van der Waals surface area contributed by atoms with Gasteiger partial charge in [0.05, 0.1) is 33.4 Å². The van der Waals surface area contributed by atoms with Crippen molar-refractivity contribution in [2.24, 2.45) is 0 Å². The van der Waals surface area contributed by atoms with Gasteiger partial charge in [0.25, 0.3) is 0 Å². The fourth-order valence-electron chi connectivity index (χ4n) is 3.34. The molecule has 0 radical (unpaired) electrons. The van der Waals surface area contributed by atoms with Crippen LogP contribution in [0.5, 0.6) is 17.2 Å². The smallest absolute Gasteiger partial charge is 0.238 e. The van der Waals surface area contributed by atoms with E-state index in [0.717, 1.165) is 34.3 Å². The van der Waals surface area contributed by atoms with Crippen LogP contribution in [-0.2, 0) is 4.79 Å². The van der Waals surface area contributed by atoms with Crippen molar-refractivity contribution in [3.8, 4) is 17.2 Å². The summed E-state index contributed by atoms with van der Waals surface area (Å²) < 4.78 is 17.4. The minimum absolute atomic E-state index is 0.0243. The second kappa shape index (κ2) is 9.80. The lowest BCUT2D eigenvalue weighted by Gasteiger charge is -2.27. The first-order chi connectivity index (χ1) is 14.0. The SMILES string of the molecule is COc1cc(OC)c(C2=CCN(CC(=O)Nc3ccc(Br)cc3)CC2)c(OC)c1. The van der Waals surface area contributed by atoms with Gasteiger partial charge >= 0.3 is 0 Å². The van der Waals surface area contributed by atoms with Gasteiger partial charge in [-0.05, 0) is 36.3 Å². The third-order valence-electron chi connectivity index (χ3n) is 4.82. The summed E-state index contributed by atoms with van der Waals surface area (Å²) in [6.45, 7) is 1.80. The average Bonchev–Trinajstić information content (AvgIpc) is 2.75. The van der Waals surface area contributed by atoms with Crippen LogP contribution in [0.4, 0.5) is 5.69 Å². The molecule has 0 aliphatic carbocycles. The summed E-state index contributed by atoms with van der Waals surface area (Å²) in [6.07, 6.45) is 2.92. The Labute approximate surface area is 179 Å². The predicted molar refractivity (Wildman–Crippen MR) is 118 cm³/mol. The number of hydrogen-bond acceptors (Lipinski definition) is 5. The molecule has 1 N–H and O–H groups in total. The van der Waals surface area contributed by atoms with E-state index in [-0.39, 0.29) is 5.91 Å². The van der Waals surface area contributed by atoms with Gasteiger partial charge in [-0.15, -0.1) is 0 Å². The maximum Gasteiger partial charge on any atom is 0.238 e. The first-order valence-electron chi connectivity index (χ1n) is 9.31. The highest BCUT2D eigenvalue weighted by Crippen LogP contribution is 2.40. The number of carbonyl (C=O) groups is 1. The lowest BCUT2D eigenvalue weighted by molar-refractivity contribution is -0.117. The van der Waals surface area contributed by atoms with Gasteiger partial charge in [-0.25, -0.2) is 0 Å². The molecule has 1 heterocycles. The van der Waals surface area contributed by atoms with Gasteiger partial charge in [0.2, 0.25) is 5.91 Å². The standard InChI is InChI=1S/C22H25BrN2O4/c1-27-18-12-19(28-2)22(20(13-18)29-3)15-8-10-25(11-9-15)14-21(26)24-17-6-4-16(23)5-7-17/h4-8,12-13H,9-11,14H2,1-3H3,(H,24,26). The van der Waals surface area contributed by atoms with Crippen LogP contribution in [0.2, 0.25) is 0 Å². The van der Waals surface area contributed by atoms with Crippen molar-refractivity contribution in [2.75, 3.05) is 46.3 Å². The van der Waals surface area contributed by atoms with E-state index in [2.05, 4.69) is 32.2 Å². The normalized spacial score (nSPS) is 14.1. The Hall–Kier alpha value is -2.51. The van der Waals surface area contributed by atoms with Gasteiger partial charge in [0, 0.05) is 35.4 Å². The molecule has 0 aromatic heterocycles. The van der Waals surface area contributed by atoms with E-state index in [9.17, 15) is 4.79 Å². The molecule has 0 atom stereocenters. The van der Waals surface area contributed by atoms with E-state index >= 15 is 0 Å². The zero-order valence-electron chi connectivity index (χ0n) is 16.8. The number of nitrogens with zero attached hydrogens (tertiary/aromatic N) is 1. The molecule has 2 aromatic rings. The number of amides is 1. The van der Waals surface area contributed by atoms with Gasteiger partial charge in [-0.3, -0.25) is 9.69 Å². The summed E-state index contributed by atoms with van der Waals surface area (Å²) in [6, 6.07) is 11.3. The number of nitrogens with one attached hydrogen (secondary N) is 1. The van der Waals surface area contributed by atoms with Gasteiger partial charge in [-0.2, -0.15) is 0 Å². The largest absolute Gasteiger partial charge is 0.496 e. The second-order valence-electron chi connectivity index (χ2n) is 6.68. The fraction of sp³-hybridized carbons (Fsp3) is 0.318. The molecule has 3 rings (SSSR count). The van der Waals surface area contributed by atoms with Crippen molar-refractivity contribution >= 4 is 33.1 Å². The van der Waals surface area contributed by atoms with Crippen molar-refractivity contribution in [3.63, 3.8) is 0 Å². The Balaban J connectivity index is 1.67. The van der Waals surface area contributed by atoms with Crippen LogP contribution in [0.1, 0.15) is 12.0 Å². The number of carbonyl (C=O) groups excluding carboxylic acids is 1. The number of methoxy groups -OCH3 is 3. The van der Waals surface area contributed by atoms with Crippen LogP contribution >= 0.6 is 15.9 Å². The number of benzene rings is 2. The number of rotatable bonds is 7. The Morgan fingerprint density at radius 1 is 1.07 bits per heavy atom. The molecule has 1 amide bonds. The summed E-state index contributed by atoms with van der Waals surface area (Å²) in [5.41, 5.74) is 2.87. The lowest BCUT2D eigenvalue weighted by Crippen LogP contribution is -2.36. The Bertz CT molecular complexity index is 871. The van der Waals surface area contributed by atoms with E-state index in [1.165, 1.54) is 0 Å². The second-order valence-corrected chi connectivity index (χ2v) is 7.59. The minimum Gasteiger partial charge on any atom is -0.496 e. The molecule has 1 aliphatic rings. The van der Waals surface area contributed by atoms with Crippen LogP contribution in [0.15, 0.2) is 46.9 Å². The number of ether oxygens (including phenoxy) is 3. The molecule has 0 saturated carbocycles. The highest BCUT2D eigenvalue weighted by Gasteiger charge is 2.21. The highest BCUT2D eigenvalue weighted by molar-refractivity contribution is 9.10. The molecule has 6 nitrogen and oxygen atoms in total. The molecule has 29 heavy (non-hydrogen) atoms. The third kappa shape index (κ3) is 5.31. The van der Waals surface area contributed by atoms with E-state index in [4.69, 9.17) is 14.2 Å². The monoisotopic (exact) mass is 460 g/mol. The van der Waals surface area contributed by atoms with Crippen LogP contribution in [0.25, 0.3) is 5.57 Å². The molecule has 0 saturated heterocycles. The van der Waals surface area contributed by atoms with Crippen molar-refractivity contribution in [2.45, 2.75) is 6.42 Å². The highest BCUT2D eigenvalue weighted by atomic mass is 79.9. The fourth-order valence-corrected chi connectivity index (χ4v) is 3.61. The number of anilines is 1. The summed E-state index contributed by atoms with van der Waals surface area (Å²) in [5, 5.41) is 2.93. The first-order valence-corrected chi connectivity index (χ1v) is 10.1. The maximum absolute atomic E-state index is 12.3. The van der Waals surface area contributed by atoms with Crippen LogP contribution in [-0.4, -0.2) is 51.8 Å². The molecule has 0 bridgehead atoms. The predicted octanol–water partition coefficient (Wildman–Crippen LogP) is 4.20. The average molecular weight is 461 g/mol. The molecule has 1 aliphatic heterocycles. The number of hydrogen-bond donors (Lipinski definition) is 1. The molecular formula is C22H25BrN2O4.